The minimum atomic E-state index is -0.384. The highest BCUT2D eigenvalue weighted by Crippen LogP contribution is 2.28. The summed E-state index contributed by atoms with van der Waals surface area (Å²) < 4.78 is 4.59. The van der Waals surface area contributed by atoms with E-state index in [-0.39, 0.29) is 5.97 Å². The molecule has 0 saturated heterocycles. The molecule has 0 aliphatic carbocycles. The third kappa shape index (κ3) is 2.85. The molecule has 2 aromatic carbocycles. The van der Waals surface area contributed by atoms with Crippen molar-refractivity contribution in [2.75, 3.05) is 18.2 Å². The molecule has 3 N–H and O–H groups in total. The van der Waals surface area contributed by atoms with Gasteiger partial charge in [-0.05, 0) is 19.1 Å². The highest BCUT2D eigenvalue weighted by molar-refractivity contribution is 6.01. The summed E-state index contributed by atoms with van der Waals surface area (Å²) in [5, 5.41) is 5.18. The minimum absolute atomic E-state index is 0.384. The number of rotatable bonds is 3. The van der Waals surface area contributed by atoms with Crippen molar-refractivity contribution in [3.05, 3.63) is 48.2 Å². The van der Waals surface area contributed by atoms with Crippen LogP contribution in [0.25, 0.3) is 10.8 Å². The topological polar surface area (TPSA) is 64.3 Å². The number of nitrogens with one attached hydrogen (secondary N) is 1. The van der Waals surface area contributed by atoms with E-state index in [0.717, 1.165) is 22.1 Å². The van der Waals surface area contributed by atoms with E-state index in [1.54, 1.807) is 0 Å². The first-order chi connectivity index (χ1) is 9.11. The van der Waals surface area contributed by atoms with Crippen molar-refractivity contribution in [2.24, 2.45) is 0 Å². The first-order valence-electron chi connectivity index (χ1n) is 5.92. The van der Waals surface area contributed by atoms with E-state index in [0.29, 0.717) is 5.70 Å². The fourth-order valence-corrected chi connectivity index (χ4v) is 1.93. The second-order valence-electron chi connectivity index (χ2n) is 4.22. The van der Waals surface area contributed by atoms with Gasteiger partial charge < -0.3 is 15.8 Å². The molecule has 2 aromatic rings. The summed E-state index contributed by atoms with van der Waals surface area (Å²) in [6.45, 7) is 1.81. The number of anilines is 2. The predicted molar refractivity (Wildman–Crippen MR) is 77.8 cm³/mol. The Morgan fingerprint density at radius 2 is 1.89 bits per heavy atom. The van der Waals surface area contributed by atoms with Crippen LogP contribution in [0.1, 0.15) is 6.92 Å². The number of carbonyl (C=O) groups excluding carboxylic acids is 1. The highest BCUT2D eigenvalue weighted by atomic mass is 16.5. The second-order valence-corrected chi connectivity index (χ2v) is 4.22. The van der Waals surface area contributed by atoms with Crippen LogP contribution in [0.15, 0.2) is 48.2 Å². The lowest BCUT2D eigenvalue weighted by Gasteiger charge is -2.11. The zero-order valence-electron chi connectivity index (χ0n) is 10.9. The molecule has 4 heteroatoms. The van der Waals surface area contributed by atoms with Gasteiger partial charge >= 0.3 is 5.97 Å². The molecule has 0 radical (unpaired) electrons. The molecule has 0 fully saturated rings. The van der Waals surface area contributed by atoms with Gasteiger partial charge in [0.25, 0.3) is 0 Å². The standard InChI is InChI=1S/C15H16N2O2/c1-10(9-15(18)19-2)17-14-8-4-5-11-12(14)6-3-7-13(11)16/h3-9,17H,16H2,1-2H3/b10-9-. The number of benzene rings is 2. The van der Waals surface area contributed by atoms with Crippen LogP contribution in [-0.4, -0.2) is 13.1 Å². The van der Waals surface area contributed by atoms with Crippen LogP contribution in [0.2, 0.25) is 0 Å². The first kappa shape index (κ1) is 13.0. The zero-order valence-corrected chi connectivity index (χ0v) is 10.9. The maximum Gasteiger partial charge on any atom is 0.332 e. The van der Waals surface area contributed by atoms with Gasteiger partial charge in [-0.1, -0.05) is 24.3 Å². The maximum atomic E-state index is 11.2. The van der Waals surface area contributed by atoms with Crippen molar-refractivity contribution in [1.82, 2.24) is 0 Å². The Kier molecular flexibility index (Phi) is 3.71. The molecule has 0 unspecified atom stereocenters. The molecule has 0 heterocycles. The van der Waals surface area contributed by atoms with E-state index >= 15 is 0 Å². The van der Waals surface area contributed by atoms with Gasteiger partial charge in [-0.15, -0.1) is 0 Å². The largest absolute Gasteiger partial charge is 0.466 e. The molecule has 0 aromatic heterocycles. The number of hydrogen-bond donors (Lipinski definition) is 2. The molecule has 4 nitrogen and oxygen atoms in total. The van der Waals surface area contributed by atoms with Crippen molar-refractivity contribution < 1.29 is 9.53 Å². The lowest BCUT2D eigenvalue weighted by atomic mass is 10.1. The molecule has 0 aliphatic heterocycles. The van der Waals surface area contributed by atoms with Gasteiger partial charge in [0.1, 0.15) is 0 Å². The number of nitrogen functional groups attached to an aromatic ring is 1. The van der Waals surface area contributed by atoms with Gasteiger partial charge in [0, 0.05) is 33.9 Å². The van der Waals surface area contributed by atoms with Gasteiger partial charge in [-0.2, -0.15) is 0 Å². The Balaban J connectivity index is 2.39. The molecule has 98 valence electrons. The summed E-state index contributed by atoms with van der Waals surface area (Å²) in [5.41, 5.74) is 8.29. The molecular weight excluding hydrogens is 240 g/mol. The first-order valence-corrected chi connectivity index (χ1v) is 5.92. The summed E-state index contributed by atoms with van der Waals surface area (Å²) in [5.74, 6) is -0.384. The van der Waals surface area contributed by atoms with Gasteiger partial charge in [-0.3, -0.25) is 0 Å². The normalized spacial score (nSPS) is 11.4. The molecule has 0 atom stereocenters. The Morgan fingerprint density at radius 1 is 1.21 bits per heavy atom. The monoisotopic (exact) mass is 256 g/mol. The van der Waals surface area contributed by atoms with E-state index < -0.39 is 0 Å². The van der Waals surface area contributed by atoms with Crippen LogP contribution in [0, 0.1) is 0 Å². The van der Waals surface area contributed by atoms with Crippen LogP contribution < -0.4 is 11.1 Å². The van der Waals surface area contributed by atoms with Crippen molar-refractivity contribution in [2.45, 2.75) is 6.92 Å². The van der Waals surface area contributed by atoms with Crippen molar-refractivity contribution in [3.63, 3.8) is 0 Å². The average molecular weight is 256 g/mol. The summed E-state index contributed by atoms with van der Waals surface area (Å²) in [6, 6.07) is 11.6. The minimum Gasteiger partial charge on any atom is -0.466 e. The molecular formula is C15H16N2O2. The Hall–Kier alpha value is -2.49. The third-order valence-corrected chi connectivity index (χ3v) is 2.82. The van der Waals surface area contributed by atoms with Gasteiger partial charge in [0.2, 0.25) is 0 Å². The fraction of sp³-hybridized carbons (Fsp3) is 0.133. The van der Waals surface area contributed by atoms with Gasteiger partial charge in [0.15, 0.2) is 0 Å². The molecule has 0 bridgehead atoms. The Morgan fingerprint density at radius 3 is 2.63 bits per heavy atom. The van der Waals surface area contributed by atoms with Crippen LogP contribution in [-0.2, 0) is 9.53 Å². The van der Waals surface area contributed by atoms with E-state index in [9.17, 15) is 4.79 Å². The van der Waals surface area contributed by atoms with E-state index in [2.05, 4.69) is 10.1 Å². The average Bonchev–Trinajstić information content (AvgIpc) is 2.39. The number of esters is 1. The van der Waals surface area contributed by atoms with Crippen LogP contribution in [0.4, 0.5) is 11.4 Å². The molecule has 0 saturated carbocycles. The number of ether oxygens (including phenoxy) is 1. The molecule has 0 aliphatic rings. The van der Waals surface area contributed by atoms with Crippen molar-refractivity contribution in [3.8, 4) is 0 Å². The number of nitrogens with two attached hydrogens (primary N) is 1. The van der Waals surface area contributed by atoms with Gasteiger partial charge in [0.05, 0.1) is 7.11 Å². The number of methoxy groups -OCH3 is 1. The van der Waals surface area contributed by atoms with Gasteiger partial charge in [-0.25, -0.2) is 4.79 Å². The van der Waals surface area contributed by atoms with Crippen LogP contribution in [0.5, 0.6) is 0 Å². The maximum absolute atomic E-state index is 11.2. The zero-order chi connectivity index (χ0) is 13.8. The lowest BCUT2D eigenvalue weighted by Crippen LogP contribution is -2.02. The van der Waals surface area contributed by atoms with E-state index in [1.165, 1.54) is 13.2 Å². The SMILES string of the molecule is COC(=O)/C=C(/C)Nc1cccc2c(N)cccc12. The Labute approximate surface area is 111 Å². The smallest absolute Gasteiger partial charge is 0.332 e. The van der Waals surface area contributed by atoms with E-state index in [1.807, 2.05) is 43.3 Å². The second kappa shape index (κ2) is 5.44. The van der Waals surface area contributed by atoms with Crippen molar-refractivity contribution in [1.29, 1.82) is 0 Å². The molecule has 0 amide bonds. The summed E-state index contributed by atoms with van der Waals surface area (Å²) in [7, 11) is 1.35. The third-order valence-electron chi connectivity index (χ3n) is 2.82. The number of allylic oxidation sites excluding steroid dienone is 1. The molecule has 19 heavy (non-hydrogen) atoms. The van der Waals surface area contributed by atoms with Crippen LogP contribution >= 0.6 is 0 Å². The molecule has 0 spiro atoms. The van der Waals surface area contributed by atoms with Crippen LogP contribution in [0.3, 0.4) is 0 Å². The summed E-state index contributed by atoms with van der Waals surface area (Å²) >= 11 is 0. The Bertz CT molecular complexity index is 648. The number of fused-ring (bicyclic) bond motifs is 1. The number of hydrogen-bond acceptors (Lipinski definition) is 4. The lowest BCUT2D eigenvalue weighted by molar-refractivity contribution is -0.134. The quantitative estimate of drug-likeness (QED) is 0.503. The summed E-state index contributed by atoms with van der Waals surface area (Å²) in [6.07, 6.45) is 1.41. The van der Waals surface area contributed by atoms with E-state index in [4.69, 9.17) is 5.73 Å². The summed E-state index contributed by atoms with van der Waals surface area (Å²) in [4.78, 5) is 11.2. The van der Waals surface area contributed by atoms with Crippen molar-refractivity contribution >= 4 is 28.1 Å². The highest BCUT2D eigenvalue weighted by Gasteiger charge is 2.04. The predicted octanol–water partition coefficient (Wildman–Crippen LogP) is 2.91. The molecule has 2 rings (SSSR count). The fourth-order valence-electron chi connectivity index (χ4n) is 1.93. The number of carbonyl (C=O) groups is 1.